The van der Waals surface area contributed by atoms with Crippen molar-refractivity contribution in [2.24, 2.45) is 0 Å². The molecule has 96 valence electrons. The van der Waals surface area contributed by atoms with Crippen LogP contribution in [0.15, 0.2) is 0 Å². The van der Waals surface area contributed by atoms with Crippen LogP contribution in [0.3, 0.4) is 0 Å². The molecule has 0 saturated carbocycles. The molecule has 0 radical (unpaired) electrons. The van der Waals surface area contributed by atoms with Gasteiger partial charge >= 0.3 is 0 Å². The molecule has 0 aromatic rings. The summed E-state index contributed by atoms with van der Waals surface area (Å²) in [6, 6.07) is 0.637. The van der Waals surface area contributed by atoms with Crippen LogP contribution in [0, 0.1) is 0 Å². The van der Waals surface area contributed by atoms with Gasteiger partial charge in [0.1, 0.15) is 0 Å². The third-order valence-electron chi connectivity index (χ3n) is 3.09. The Morgan fingerprint density at radius 1 is 1.31 bits per heavy atom. The molecule has 16 heavy (non-hydrogen) atoms. The van der Waals surface area contributed by atoms with E-state index in [1.807, 2.05) is 0 Å². The maximum atomic E-state index is 5.49. The maximum Gasteiger partial charge on any atom is 0.0594 e. The molecule has 0 aliphatic carbocycles. The number of hydrogen-bond donors (Lipinski definition) is 1. The molecule has 0 bridgehead atoms. The van der Waals surface area contributed by atoms with Gasteiger partial charge in [0.15, 0.2) is 0 Å². The fraction of sp³-hybridized carbons (Fsp3) is 1.00. The molecule has 0 aromatic carbocycles. The summed E-state index contributed by atoms with van der Waals surface area (Å²) in [5.74, 6) is 0. The summed E-state index contributed by atoms with van der Waals surface area (Å²) >= 11 is 0. The van der Waals surface area contributed by atoms with E-state index < -0.39 is 0 Å². The molecule has 1 atom stereocenters. The number of ether oxygens (including phenoxy) is 1. The molecule has 1 rings (SSSR count). The lowest BCUT2D eigenvalue weighted by atomic mass is 10.2. The Hall–Kier alpha value is -0.160. The molecular weight excluding hydrogens is 202 g/mol. The van der Waals surface area contributed by atoms with Crippen molar-refractivity contribution in [2.75, 3.05) is 53.4 Å². The summed E-state index contributed by atoms with van der Waals surface area (Å²) in [5.41, 5.74) is 0. The predicted molar refractivity (Wildman–Crippen MR) is 67.9 cm³/mol. The summed E-state index contributed by atoms with van der Waals surface area (Å²) in [7, 11) is 4.41. The largest absolute Gasteiger partial charge is 0.377 e. The molecule has 1 aliphatic heterocycles. The Morgan fingerprint density at radius 2 is 2.06 bits per heavy atom. The van der Waals surface area contributed by atoms with Crippen LogP contribution < -0.4 is 5.32 Å². The van der Waals surface area contributed by atoms with Gasteiger partial charge in [0.05, 0.1) is 12.7 Å². The van der Waals surface area contributed by atoms with Crippen molar-refractivity contribution < 1.29 is 4.74 Å². The van der Waals surface area contributed by atoms with Crippen LogP contribution in [0.1, 0.15) is 13.8 Å². The Kier molecular flexibility index (Phi) is 6.28. The quantitative estimate of drug-likeness (QED) is 0.661. The monoisotopic (exact) mass is 229 g/mol. The van der Waals surface area contributed by atoms with Crippen molar-refractivity contribution >= 4 is 0 Å². The number of likely N-dealkylation sites (N-methyl/N-ethyl adjacent to an activating group) is 2. The topological polar surface area (TPSA) is 27.7 Å². The summed E-state index contributed by atoms with van der Waals surface area (Å²) in [6.07, 6.45) is 0.338. The minimum Gasteiger partial charge on any atom is -0.377 e. The number of rotatable bonds is 6. The highest BCUT2D eigenvalue weighted by atomic mass is 16.5. The van der Waals surface area contributed by atoms with Gasteiger partial charge in [-0.2, -0.15) is 0 Å². The Balaban J connectivity index is 2.07. The van der Waals surface area contributed by atoms with Crippen molar-refractivity contribution in [1.82, 2.24) is 15.1 Å². The van der Waals surface area contributed by atoms with E-state index in [-0.39, 0.29) is 0 Å². The van der Waals surface area contributed by atoms with E-state index in [4.69, 9.17) is 4.74 Å². The zero-order valence-corrected chi connectivity index (χ0v) is 11.2. The van der Waals surface area contributed by atoms with Crippen molar-refractivity contribution in [3.05, 3.63) is 0 Å². The van der Waals surface area contributed by atoms with Gasteiger partial charge in [-0.3, -0.25) is 4.90 Å². The zero-order valence-electron chi connectivity index (χ0n) is 11.2. The molecule has 1 unspecified atom stereocenters. The molecule has 4 heteroatoms. The summed E-state index contributed by atoms with van der Waals surface area (Å²) < 4.78 is 5.49. The predicted octanol–water partition coefficient (Wildman–Crippen LogP) is 0.247. The van der Waals surface area contributed by atoms with Gasteiger partial charge in [-0.25, -0.2) is 0 Å². The molecule has 0 amide bonds. The minimum atomic E-state index is 0.338. The fourth-order valence-corrected chi connectivity index (χ4v) is 1.96. The van der Waals surface area contributed by atoms with Crippen LogP contribution in [0.5, 0.6) is 0 Å². The number of nitrogens with zero attached hydrogens (tertiary/aromatic N) is 2. The summed E-state index contributed by atoms with van der Waals surface area (Å²) in [5, 5.41) is 3.47. The van der Waals surface area contributed by atoms with Gasteiger partial charge in [0, 0.05) is 38.8 Å². The molecule has 1 heterocycles. The van der Waals surface area contributed by atoms with Gasteiger partial charge in [-0.1, -0.05) is 0 Å². The molecule has 0 spiro atoms. The highest BCUT2D eigenvalue weighted by molar-refractivity contribution is 4.80. The standard InChI is InChI=1S/C12H27N3O/c1-11(2)16-8-5-13-9-12-10-14(3)6-7-15(12)4/h11-13H,5-10H2,1-4H3. The van der Waals surface area contributed by atoms with Gasteiger partial charge in [-0.05, 0) is 27.9 Å². The number of nitrogens with one attached hydrogen (secondary N) is 1. The Morgan fingerprint density at radius 3 is 2.75 bits per heavy atom. The second kappa shape index (κ2) is 7.22. The zero-order chi connectivity index (χ0) is 12.0. The second-order valence-electron chi connectivity index (χ2n) is 5.02. The smallest absolute Gasteiger partial charge is 0.0594 e. The van der Waals surface area contributed by atoms with Gasteiger partial charge in [0.25, 0.3) is 0 Å². The average molecular weight is 229 g/mol. The average Bonchev–Trinajstić information content (AvgIpc) is 2.22. The fourth-order valence-electron chi connectivity index (χ4n) is 1.96. The molecular formula is C12H27N3O. The summed E-state index contributed by atoms with van der Waals surface area (Å²) in [6.45, 7) is 10.5. The first-order valence-electron chi connectivity index (χ1n) is 6.30. The highest BCUT2D eigenvalue weighted by Gasteiger charge is 2.21. The van der Waals surface area contributed by atoms with Crippen molar-refractivity contribution in [3.63, 3.8) is 0 Å². The lowest BCUT2D eigenvalue weighted by Crippen LogP contribution is -2.54. The van der Waals surface area contributed by atoms with Crippen LogP contribution in [0.2, 0.25) is 0 Å². The van der Waals surface area contributed by atoms with E-state index in [9.17, 15) is 0 Å². The first-order valence-corrected chi connectivity index (χ1v) is 6.30. The first-order chi connectivity index (χ1) is 7.59. The third kappa shape index (κ3) is 5.25. The van der Waals surface area contributed by atoms with E-state index in [1.165, 1.54) is 13.1 Å². The molecule has 0 aromatic heterocycles. The van der Waals surface area contributed by atoms with Gasteiger partial charge < -0.3 is 15.0 Å². The molecule has 1 N–H and O–H groups in total. The Labute approximate surface area is 99.9 Å². The van der Waals surface area contributed by atoms with Crippen LogP contribution in [-0.2, 0) is 4.74 Å². The highest BCUT2D eigenvalue weighted by Crippen LogP contribution is 2.04. The Bertz CT molecular complexity index is 187. The van der Waals surface area contributed by atoms with Crippen LogP contribution in [-0.4, -0.2) is 75.4 Å². The van der Waals surface area contributed by atoms with Crippen molar-refractivity contribution in [1.29, 1.82) is 0 Å². The van der Waals surface area contributed by atoms with E-state index in [1.54, 1.807) is 0 Å². The van der Waals surface area contributed by atoms with E-state index in [0.717, 1.165) is 26.2 Å². The van der Waals surface area contributed by atoms with Crippen LogP contribution in [0.4, 0.5) is 0 Å². The van der Waals surface area contributed by atoms with E-state index >= 15 is 0 Å². The van der Waals surface area contributed by atoms with Crippen LogP contribution >= 0.6 is 0 Å². The molecule has 1 aliphatic rings. The lowest BCUT2D eigenvalue weighted by Gasteiger charge is -2.37. The maximum absolute atomic E-state index is 5.49. The van der Waals surface area contributed by atoms with Gasteiger partial charge in [-0.15, -0.1) is 0 Å². The molecule has 1 fully saturated rings. The SMILES string of the molecule is CC(C)OCCNCC1CN(C)CCN1C. The number of hydrogen-bond acceptors (Lipinski definition) is 4. The molecule has 1 saturated heterocycles. The first kappa shape index (κ1) is 13.9. The van der Waals surface area contributed by atoms with Crippen molar-refractivity contribution in [2.45, 2.75) is 26.0 Å². The molecule has 4 nitrogen and oxygen atoms in total. The van der Waals surface area contributed by atoms with Crippen molar-refractivity contribution in [3.8, 4) is 0 Å². The number of piperazine rings is 1. The normalized spacial score (nSPS) is 24.2. The lowest BCUT2D eigenvalue weighted by molar-refractivity contribution is 0.0761. The van der Waals surface area contributed by atoms with Gasteiger partial charge in [0.2, 0.25) is 0 Å². The van der Waals surface area contributed by atoms with Crippen LogP contribution in [0.25, 0.3) is 0 Å². The van der Waals surface area contributed by atoms with E-state index in [0.29, 0.717) is 12.1 Å². The third-order valence-corrected chi connectivity index (χ3v) is 3.09. The minimum absolute atomic E-state index is 0.338. The van der Waals surface area contributed by atoms with E-state index in [2.05, 4.69) is 43.1 Å². The summed E-state index contributed by atoms with van der Waals surface area (Å²) in [4.78, 5) is 4.84. The second-order valence-corrected chi connectivity index (χ2v) is 5.02.